The molecule has 0 bridgehead atoms. The summed E-state index contributed by atoms with van der Waals surface area (Å²) in [6.07, 6.45) is 2.06. The molecular formula is C31H28BrCl2N3O6. The third kappa shape index (κ3) is 3.99. The molecule has 0 spiro atoms. The van der Waals surface area contributed by atoms with Crippen LogP contribution in [0.2, 0.25) is 0 Å². The molecule has 2 aromatic carbocycles. The molecule has 12 heteroatoms. The number of ether oxygens (including phenoxy) is 1. The Balaban J connectivity index is 1.29. The molecule has 3 saturated heterocycles. The van der Waals surface area contributed by atoms with Crippen molar-refractivity contribution in [2.24, 2.45) is 17.8 Å². The molecule has 3 heterocycles. The molecule has 1 N–H and O–H groups in total. The van der Waals surface area contributed by atoms with Crippen molar-refractivity contribution in [3.8, 4) is 5.75 Å². The van der Waals surface area contributed by atoms with E-state index in [1.54, 1.807) is 24.3 Å². The van der Waals surface area contributed by atoms with E-state index in [1.165, 1.54) is 17.0 Å². The monoisotopic (exact) mass is 687 g/mol. The maximum absolute atomic E-state index is 14.2. The summed E-state index contributed by atoms with van der Waals surface area (Å²) in [7, 11) is 0. The van der Waals surface area contributed by atoms with Gasteiger partial charge in [-0.3, -0.25) is 29.0 Å². The van der Waals surface area contributed by atoms with E-state index in [-0.39, 0.29) is 35.9 Å². The largest absolute Gasteiger partial charge is 0.508 e. The molecule has 1 saturated carbocycles. The average Bonchev–Trinajstić information content (AvgIpc) is 3.35. The highest BCUT2D eigenvalue weighted by atomic mass is 79.9. The number of nitrogens with zero attached hydrogens (tertiary/aromatic N) is 3. The van der Waals surface area contributed by atoms with Crippen LogP contribution in [0.15, 0.2) is 60.2 Å². The Morgan fingerprint density at radius 1 is 0.930 bits per heavy atom. The lowest BCUT2D eigenvalue weighted by atomic mass is 9.56. The molecule has 0 unspecified atom stereocenters. The first-order chi connectivity index (χ1) is 20.6. The van der Waals surface area contributed by atoms with Gasteiger partial charge in [-0.25, -0.2) is 0 Å². The number of carbonyl (C=O) groups excluding carboxylic acids is 4. The van der Waals surface area contributed by atoms with E-state index in [0.29, 0.717) is 30.0 Å². The summed E-state index contributed by atoms with van der Waals surface area (Å²) >= 11 is 17.7. The third-order valence-electron chi connectivity index (χ3n) is 9.70. The molecule has 0 radical (unpaired) electrons. The summed E-state index contributed by atoms with van der Waals surface area (Å²) in [6, 6.07) is 13.7. The highest BCUT2D eigenvalue weighted by molar-refractivity contribution is 9.09. The van der Waals surface area contributed by atoms with E-state index < -0.39 is 45.2 Å². The zero-order valence-electron chi connectivity index (χ0n) is 22.9. The van der Waals surface area contributed by atoms with Crippen molar-refractivity contribution >= 4 is 74.1 Å². The molecule has 4 fully saturated rings. The topological polar surface area (TPSA) is 107 Å². The zero-order chi connectivity index (χ0) is 30.3. The molecule has 2 aromatic rings. The number of hydrogen-bond acceptors (Lipinski definition) is 7. The molecule has 43 heavy (non-hydrogen) atoms. The van der Waals surface area contributed by atoms with Gasteiger partial charge in [0.25, 0.3) is 11.8 Å². The van der Waals surface area contributed by atoms with Crippen LogP contribution >= 0.6 is 39.1 Å². The zero-order valence-corrected chi connectivity index (χ0v) is 26.0. The number of carbonyl (C=O) groups is 4. The van der Waals surface area contributed by atoms with Crippen LogP contribution in [0, 0.1) is 17.8 Å². The van der Waals surface area contributed by atoms with E-state index in [0.717, 1.165) is 23.7 Å². The molecule has 7 rings (SSSR count). The number of benzene rings is 2. The minimum absolute atomic E-state index is 0.0395. The number of aromatic hydroxyl groups is 1. The van der Waals surface area contributed by atoms with Crippen molar-refractivity contribution in [1.29, 1.82) is 0 Å². The SMILES string of the molecule is O=C1[C@H]2[C@H](CC=C3[C@H]2C[C@@]2(Cl)C(=O)N(CBr)C(=O)[C@@]2(Cl)[C@H]3c2cccc(O)c2)C(=O)N1c1ccc(N2CCOCC2)cc1. The molecule has 9 nitrogen and oxygen atoms in total. The van der Waals surface area contributed by atoms with Crippen LogP contribution in [0.25, 0.3) is 0 Å². The predicted octanol–water partition coefficient (Wildman–Crippen LogP) is 4.14. The van der Waals surface area contributed by atoms with E-state index in [4.69, 9.17) is 27.9 Å². The van der Waals surface area contributed by atoms with E-state index in [1.807, 2.05) is 18.2 Å². The van der Waals surface area contributed by atoms with Crippen LogP contribution in [0.1, 0.15) is 24.3 Å². The van der Waals surface area contributed by atoms with Crippen molar-refractivity contribution in [2.75, 3.05) is 41.6 Å². The molecule has 0 aromatic heterocycles. The number of halogens is 3. The van der Waals surface area contributed by atoms with Gasteiger partial charge in [-0.1, -0.05) is 39.7 Å². The second-order valence-electron chi connectivity index (χ2n) is 11.7. The van der Waals surface area contributed by atoms with Gasteiger partial charge in [-0.05, 0) is 60.7 Å². The normalized spacial score (nSPS) is 33.8. The summed E-state index contributed by atoms with van der Waals surface area (Å²) in [5.41, 5.74) is 2.55. The van der Waals surface area contributed by atoms with Gasteiger partial charge in [0, 0.05) is 24.7 Å². The van der Waals surface area contributed by atoms with Crippen molar-refractivity contribution in [1.82, 2.24) is 4.90 Å². The number of morpholine rings is 1. The maximum atomic E-state index is 14.2. The van der Waals surface area contributed by atoms with Gasteiger partial charge in [0.2, 0.25) is 11.8 Å². The second-order valence-corrected chi connectivity index (χ2v) is 13.5. The number of rotatable bonds is 4. The third-order valence-corrected chi connectivity index (χ3v) is 11.6. The summed E-state index contributed by atoms with van der Waals surface area (Å²) in [5.74, 6) is -4.98. The summed E-state index contributed by atoms with van der Waals surface area (Å²) < 4.78 is 5.44. The van der Waals surface area contributed by atoms with Gasteiger partial charge < -0.3 is 14.7 Å². The van der Waals surface area contributed by atoms with Gasteiger partial charge in [-0.2, -0.15) is 0 Å². The first-order valence-corrected chi connectivity index (χ1v) is 16.1. The number of imide groups is 2. The second kappa shape index (κ2) is 10.3. The number of anilines is 2. The highest BCUT2D eigenvalue weighted by Gasteiger charge is 2.76. The molecule has 6 atom stereocenters. The highest BCUT2D eigenvalue weighted by Crippen LogP contribution is 2.65. The number of likely N-dealkylation sites (tertiary alicyclic amines) is 1. The van der Waals surface area contributed by atoms with Crippen LogP contribution in [0.3, 0.4) is 0 Å². The van der Waals surface area contributed by atoms with Crippen LogP contribution in [-0.2, 0) is 23.9 Å². The van der Waals surface area contributed by atoms with Crippen LogP contribution in [-0.4, -0.2) is 75.1 Å². The Kier molecular flexibility index (Phi) is 6.92. The van der Waals surface area contributed by atoms with Crippen LogP contribution in [0.4, 0.5) is 11.4 Å². The minimum atomic E-state index is -1.90. The Hall–Kier alpha value is -2.92. The van der Waals surface area contributed by atoms with Gasteiger partial charge >= 0.3 is 0 Å². The van der Waals surface area contributed by atoms with Crippen molar-refractivity contribution in [3.05, 3.63) is 65.7 Å². The Labute approximate surface area is 266 Å². The first-order valence-electron chi connectivity index (χ1n) is 14.2. The smallest absolute Gasteiger partial charge is 0.254 e. The number of alkyl halides is 3. The van der Waals surface area contributed by atoms with Gasteiger partial charge in [0.15, 0.2) is 9.75 Å². The maximum Gasteiger partial charge on any atom is 0.254 e. The minimum Gasteiger partial charge on any atom is -0.508 e. The Morgan fingerprint density at radius 2 is 1.63 bits per heavy atom. The summed E-state index contributed by atoms with van der Waals surface area (Å²) in [5, 5.41) is 10.4. The molecule has 224 valence electrons. The molecule has 4 amide bonds. The van der Waals surface area contributed by atoms with E-state index >= 15 is 0 Å². The molecule has 3 aliphatic heterocycles. The van der Waals surface area contributed by atoms with Crippen LogP contribution < -0.4 is 9.80 Å². The van der Waals surface area contributed by atoms with Crippen molar-refractivity contribution in [2.45, 2.75) is 28.5 Å². The van der Waals surface area contributed by atoms with E-state index in [2.05, 4.69) is 20.8 Å². The Bertz CT molecular complexity index is 1580. The predicted molar refractivity (Wildman–Crippen MR) is 163 cm³/mol. The fraction of sp³-hybridized carbons (Fsp3) is 0.419. The fourth-order valence-electron chi connectivity index (χ4n) is 7.72. The average molecular weight is 689 g/mol. The lowest BCUT2D eigenvalue weighted by molar-refractivity contribution is -0.138. The number of fused-ring (bicyclic) bond motifs is 4. The number of hydrogen-bond donors (Lipinski definition) is 1. The Morgan fingerprint density at radius 3 is 2.30 bits per heavy atom. The number of amides is 4. The molecular weight excluding hydrogens is 661 g/mol. The van der Waals surface area contributed by atoms with Crippen LogP contribution in [0.5, 0.6) is 5.75 Å². The van der Waals surface area contributed by atoms with Gasteiger partial charge in [-0.15, -0.1) is 23.2 Å². The van der Waals surface area contributed by atoms with Crippen molar-refractivity contribution < 1.29 is 29.0 Å². The fourth-order valence-corrected chi connectivity index (χ4v) is 9.15. The van der Waals surface area contributed by atoms with E-state index in [9.17, 15) is 24.3 Å². The van der Waals surface area contributed by atoms with Gasteiger partial charge in [0.1, 0.15) is 5.75 Å². The lowest BCUT2D eigenvalue weighted by Gasteiger charge is -2.50. The quantitative estimate of drug-likeness (QED) is 0.223. The van der Waals surface area contributed by atoms with Gasteiger partial charge in [0.05, 0.1) is 36.2 Å². The number of phenolic OH excluding ortho intramolecular Hbond substituents is 1. The molecule has 2 aliphatic carbocycles. The van der Waals surface area contributed by atoms with Crippen molar-refractivity contribution in [3.63, 3.8) is 0 Å². The summed E-state index contributed by atoms with van der Waals surface area (Å²) in [6.45, 7) is 2.80. The first kappa shape index (κ1) is 28.8. The standard InChI is InChI=1S/C31H28BrCl2N3O6/c32-16-36-28(41)30(33)15-23-21(25(31(30,34)29(36)42)17-2-1-3-20(38)14-17)8-9-22-24(23)27(40)37(26(22)39)19-6-4-18(5-7-19)35-10-12-43-13-11-35/h1-8,14,22-25,38H,9-13,15-16H2/t22-,23+,24-,25-,30+,31-/m0/s1. The number of allylic oxidation sites excluding steroid dienone is 2. The lowest BCUT2D eigenvalue weighted by Crippen LogP contribution is -2.60. The number of phenols is 1. The summed E-state index contributed by atoms with van der Waals surface area (Å²) in [4.78, 5) is 56.2. The molecule has 5 aliphatic rings.